The Kier molecular flexibility index (Phi) is 8.95. The molecule has 82 valence electrons. The topological polar surface area (TPSA) is 12.9 Å². The highest BCUT2D eigenvalue weighted by Gasteiger charge is 1.89. The molecule has 0 fully saturated rings. The Hall–Kier alpha value is -0.370. The maximum absolute atomic E-state index is 4.06. The molecule has 1 nitrogen and oxygen atoms in total. The van der Waals surface area contributed by atoms with Crippen molar-refractivity contribution in [3.63, 3.8) is 0 Å². The van der Waals surface area contributed by atoms with Crippen molar-refractivity contribution in [1.82, 2.24) is 4.37 Å². The van der Waals surface area contributed by atoms with Crippen LogP contribution in [0.25, 0.3) is 0 Å². The first kappa shape index (κ1) is 13.6. The summed E-state index contributed by atoms with van der Waals surface area (Å²) in [5.74, 6) is 0. The predicted octanol–water partition coefficient (Wildman–Crippen LogP) is 4.74. The fourth-order valence-corrected chi connectivity index (χ4v) is 1.70. The summed E-state index contributed by atoms with van der Waals surface area (Å²) >= 11 is 1.52. The summed E-state index contributed by atoms with van der Waals surface area (Å²) in [4.78, 5) is 0. The van der Waals surface area contributed by atoms with Gasteiger partial charge in [0.25, 0.3) is 0 Å². The van der Waals surface area contributed by atoms with E-state index in [0.717, 1.165) is 5.69 Å². The van der Waals surface area contributed by atoms with Crippen molar-refractivity contribution in [3.05, 3.63) is 16.6 Å². The minimum absolute atomic E-state index is 1.16. The lowest BCUT2D eigenvalue weighted by atomic mass is 10.2. The molecule has 0 saturated heterocycles. The van der Waals surface area contributed by atoms with E-state index in [1.54, 1.807) is 0 Å². The van der Waals surface area contributed by atoms with Crippen molar-refractivity contribution in [1.29, 1.82) is 0 Å². The van der Waals surface area contributed by atoms with Gasteiger partial charge in [-0.05, 0) is 30.9 Å². The van der Waals surface area contributed by atoms with Crippen LogP contribution in [0.15, 0.2) is 5.38 Å². The quantitative estimate of drug-likeness (QED) is 0.658. The first-order chi connectivity index (χ1) is 6.72. The molecule has 0 aliphatic rings. The molecular weight excluding hydrogens is 190 g/mol. The Balaban J connectivity index is 0.000000241. The number of aromatic nitrogens is 1. The second-order valence-electron chi connectivity index (χ2n) is 3.64. The largest absolute Gasteiger partial charge is 0.198 e. The Morgan fingerprint density at radius 1 is 1.07 bits per heavy atom. The summed E-state index contributed by atoms with van der Waals surface area (Å²) in [5, 5.41) is 2.05. The third kappa shape index (κ3) is 7.07. The molecule has 1 aromatic heterocycles. The van der Waals surface area contributed by atoms with E-state index in [1.165, 1.54) is 49.2 Å². The van der Waals surface area contributed by atoms with Gasteiger partial charge in [-0.3, -0.25) is 0 Å². The third-order valence-corrected chi connectivity index (χ3v) is 3.04. The maximum Gasteiger partial charge on any atom is 0.0540 e. The van der Waals surface area contributed by atoms with Crippen LogP contribution in [0, 0.1) is 13.8 Å². The first-order valence-corrected chi connectivity index (χ1v) is 6.43. The van der Waals surface area contributed by atoms with E-state index in [1.807, 2.05) is 6.92 Å². The molecule has 1 aromatic rings. The zero-order chi connectivity index (χ0) is 10.8. The van der Waals surface area contributed by atoms with Gasteiger partial charge >= 0.3 is 0 Å². The summed E-state index contributed by atoms with van der Waals surface area (Å²) in [6.45, 7) is 8.58. The molecule has 14 heavy (non-hydrogen) atoms. The highest BCUT2D eigenvalue weighted by atomic mass is 32.1. The van der Waals surface area contributed by atoms with Crippen molar-refractivity contribution in [2.75, 3.05) is 0 Å². The Morgan fingerprint density at radius 3 is 1.86 bits per heavy atom. The van der Waals surface area contributed by atoms with E-state index in [9.17, 15) is 0 Å². The van der Waals surface area contributed by atoms with E-state index < -0.39 is 0 Å². The van der Waals surface area contributed by atoms with Crippen LogP contribution in [0.2, 0.25) is 0 Å². The monoisotopic (exact) mass is 213 g/mol. The molecule has 0 saturated carbocycles. The molecule has 0 unspecified atom stereocenters. The van der Waals surface area contributed by atoms with Gasteiger partial charge in [0.15, 0.2) is 0 Å². The van der Waals surface area contributed by atoms with Gasteiger partial charge in [0.2, 0.25) is 0 Å². The lowest BCUT2D eigenvalue weighted by molar-refractivity contribution is 0.656. The van der Waals surface area contributed by atoms with E-state index >= 15 is 0 Å². The fraction of sp³-hybridized carbons (Fsp3) is 0.750. The standard InChI is InChI=1S/C7H16.C5H7NS/c1-3-5-7-6-4-2;1-4-3-7-6-5(4)2/h3-7H2,1-2H3;3H,1-2H3. The SMILES string of the molecule is CCCCCCC.Cc1csnc1C. The Morgan fingerprint density at radius 2 is 1.64 bits per heavy atom. The Bertz CT molecular complexity index is 197. The number of hydrogen-bond donors (Lipinski definition) is 0. The normalized spacial score (nSPS) is 9.43. The molecule has 0 aliphatic carbocycles. The van der Waals surface area contributed by atoms with Gasteiger partial charge in [-0.25, -0.2) is 0 Å². The van der Waals surface area contributed by atoms with Crippen LogP contribution in [0.1, 0.15) is 57.2 Å². The van der Waals surface area contributed by atoms with Crippen molar-refractivity contribution in [2.24, 2.45) is 0 Å². The van der Waals surface area contributed by atoms with Crippen LogP contribution in [-0.2, 0) is 0 Å². The molecule has 0 radical (unpaired) electrons. The van der Waals surface area contributed by atoms with Gasteiger partial charge in [0.05, 0.1) is 5.69 Å². The highest BCUT2D eigenvalue weighted by Crippen LogP contribution is 2.05. The summed E-state index contributed by atoms with van der Waals surface area (Å²) < 4.78 is 4.06. The minimum atomic E-state index is 1.16. The Labute approximate surface area is 92.7 Å². The van der Waals surface area contributed by atoms with Gasteiger partial charge in [0.1, 0.15) is 0 Å². The second-order valence-corrected chi connectivity index (χ2v) is 4.27. The maximum atomic E-state index is 4.06. The molecule has 2 heteroatoms. The highest BCUT2D eigenvalue weighted by molar-refractivity contribution is 7.03. The number of unbranched alkanes of at least 4 members (excludes halogenated alkanes) is 4. The van der Waals surface area contributed by atoms with Gasteiger partial charge in [0, 0.05) is 5.38 Å². The average molecular weight is 213 g/mol. The third-order valence-electron chi connectivity index (χ3n) is 2.20. The molecule has 0 amide bonds. The van der Waals surface area contributed by atoms with Crippen LogP contribution in [0.4, 0.5) is 0 Å². The van der Waals surface area contributed by atoms with E-state index in [-0.39, 0.29) is 0 Å². The second kappa shape index (κ2) is 9.20. The number of rotatable bonds is 4. The average Bonchev–Trinajstić information content (AvgIpc) is 2.53. The zero-order valence-corrected chi connectivity index (χ0v) is 10.8. The van der Waals surface area contributed by atoms with E-state index in [0.29, 0.717) is 0 Å². The summed E-state index contributed by atoms with van der Waals surface area (Å²) in [5.41, 5.74) is 2.45. The zero-order valence-electron chi connectivity index (χ0n) is 9.97. The van der Waals surface area contributed by atoms with Crippen LogP contribution in [0.3, 0.4) is 0 Å². The first-order valence-electron chi connectivity index (χ1n) is 5.59. The smallest absolute Gasteiger partial charge is 0.0540 e. The molecule has 0 aliphatic heterocycles. The summed E-state index contributed by atoms with van der Waals surface area (Å²) in [7, 11) is 0. The van der Waals surface area contributed by atoms with Crippen LogP contribution < -0.4 is 0 Å². The van der Waals surface area contributed by atoms with Crippen molar-refractivity contribution in [2.45, 2.75) is 59.8 Å². The molecule has 0 spiro atoms. The molecule has 0 aromatic carbocycles. The van der Waals surface area contributed by atoms with Gasteiger partial charge < -0.3 is 0 Å². The number of nitrogens with zero attached hydrogens (tertiary/aromatic N) is 1. The van der Waals surface area contributed by atoms with Crippen molar-refractivity contribution in [3.8, 4) is 0 Å². The molecule has 1 rings (SSSR count). The van der Waals surface area contributed by atoms with Gasteiger partial charge in [-0.1, -0.05) is 46.0 Å². The lowest BCUT2D eigenvalue weighted by Gasteiger charge is -1.90. The fourth-order valence-electron chi connectivity index (χ4n) is 1.02. The van der Waals surface area contributed by atoms with Gasteiger partial charge in [-0.2, -0.15) is 4.37 Å². The van der Waals surface area contributed by atoms with Crippen molar-refractivity contribution < 1.29 is 0 Å². The molecule has 0 N–H and O–H groups in total. The van der Waals surface area contributed by atoms with E-state index in [2.05, 4.69) is 30.5 Å². The van der Waals surface area contributed by atoms with Crippen molar-refractivity contribution >= 4 is 11.5 Å². The number of hydrogen-bond acceptors (Lipinski definition) is 2. The molecule has 1 heterocycles. The van der Waals surface area contributed by atoms with Gasteiger partial charge in [-0.15, -0.1) is 0 Å². The van der Waals surface area contributed by atoms with E-state index in [4.69, 9.17) is 0 Å². The predicted molar refractivity (Wildman–Crippen MR) is 66.0 cm³/mol. The summed E-state index contributed by atoms with van der Waals surface area (Å²) in [6, 6.07) is 0. The lowest BCUT2D eigenvalue weighted by Crippen LogP contribution is -1.70. The number of aryl methyl sites for hydroxylation is 2. The van der Waals surface area contributed by atoms with Crippen LogP contribution >= 0.6 is 11.5 Å². The molecular formula is C12H23NS. The molecule has 0 bridgehead atoms. The minimum Gasteiger partial charge on any atom is -0.198 e. The summed E-state index contributed by atoms with van der Waals surface area (Å²) in [6.07, 6.45) is 7.01. The van der Waals surface area contributed by atoms with Crippen LogP contribution in [-0.4, -0.2) is 4.37 Å². The van der Waals surface area contributed by atoms with Crippen LogP contribution in [0.5, 0.6) is 0 Å². The molecule has 0 atom stereocenters.